The largest absolute Gasteiger partial charge is 0.494 e. The van der Waals surface area contributed by atoms with Crippen LogP contribution in [0.3, 0.4) is 0 Å². The average molecular weight is 394 g/mol. The molecule has 3 aliphatic rings. The van der Waals surface area contributed by atoms with Gasteiger partial charge in [-0.05, 0) is 43.5 Å². The number of aromatic nitrogens is 1. The van der Waals surface area contributed by atoms with Gasteiger partial charge in [-0.1, -0.05) is 25.0 Å². The van der Waals surface area contributed by atoms with Gasteiger partial charge in [-0.25, -0.2) is 0 Å². The Morgan fingerprint density at radius 3 is 2.28 bits per heavy atom. The molecule has 1 saturated carbocycles. The predicted octanol–water partition coefficient (Wildman–Crippen LogP) is 3.72. The van der Waals surface area contributed by atoms with E-state index < -0.39 is 0 Å². The van der Waals surface area contributed by atoms with Crippen molar-refractivity contribution in [1.82, 2.24) is 9.88 Å². The summed E-state index contributed by atoms with van der Waals surface area (Å²) in [4.78, 5) is 12.7. The lowest BCUT2D eigenvalue weighted by molar-refractivity contribution is 0.0392. The Kier molecular flexibility index (Phi) is 4.39. The third kappa shape index (κ3) is 2.85. The number of amides is 1. The van der Waals surface area contributed by atoms with E-state index in [-0.39, 0.29) is 41.6 Å². The maximum atomic E-state index is 12.7. The third-order valence-electron chi connectivity index (χ3n) is 6.73. The number of benzene rings is 1. The average Bonchev–Trinajstić information content (AvgIpc) is 3.42. The summed E-state index contributed by atoms with van der Waals surface area (Å²) >= 11 is 0. The molecule has 152 valence electrons. The summed E-state index contributed by atoms with van der Waals surface area (Å²) in [6.45, 7) is 0. The van der Waals surface area contributed by atoms with Gasteiger partial charge in [0.05, 0.1) is 17.8 Å². The van der Waals surface area contributed by atoms with Gasteiger partial charge in [0.1, 0.15) is 0 Å². The molecule has 1 heterocycles. The summed E-state index contributed by atoms with van der Waals surface area (Å²) in [7, 11) is 1.69. The summed E-state index contributed by atoms with van der Waals surface area (Å²) in [5.41, 5.74) is 2.85. The van der Waals surface area contributed by atoms with E-state index in [0.29, 0.717) is 11.3 Å². The molecule has 6 heteroatoms. The number of aromatic hydroxyl groups is 2. The van der Waals surface area contributed by atoms with Crippen LogP contribution in [0.25, 0.3) is 5.69 Å². The Morgan fingerprint density at radius 2 is 1.66 bits per heavy atom. The Hall–Kier alpha value is -2.73. The highest BCUT2D eigenvalue weighted by molar-refractivity contribution is 5.94. The number of nitrogens with one attached hydrogen (secondary N) is 1. The number of carbonyl (C=O) groups is 1. The van der Waals surface area contributed by atoms with E-state index in [4.69, 9.17) is 4.74 Å². The summed E-state index contributed by atoms with van der Waals surface area (Å²) < 4.78 is 6.99. The first kappa shape index (κ1) is 18.3. The molecule has 5 rings (SSSR count). The van der Waals surface area contributed by atoms with Crippen molar-refractivity contribution in [2.24, 2.45) is 0 Å². The van der Waals surface area contributed by atoms with E-state index in [1.54, 1.807) is 31.4 Å². The van der Waals surface area contributed by atoms with E-state index in [1.165, 1.54) is 4.57 Å². The van der Waals surface area contributed by atoms with E-state index >= 15 is 0 Å². The molecule has 6 nitrogen and oxygen atoms in total. The number of nitrogens with zero attached hydrogens (tertiary/aromatic N) is 1. The van der Waals surface area contributed by atoms with E-state index in [9.17, 15) is 15.0 Å². The second-order valence-corrected chi connectivity index (χ2v) is 8.33. The fourth-order valence-corrected chi connectivity index (χ4v) is 5.24. The lowest BCUT2D eigenvalue weighted by Gasteiger charge is -2.31. The first-order chi connectivity index (χ1) is 14.1. The van der Waals surface area contributed by atoms with Gasteiger partial charge in [0.2, 0.25) is 11.8 Å². The van der Waals surface area contributed by atoms with Crippen LogP contribution in [0.4, 0.5) is 0 Å². The van der Waals surface area contributed by atoms with Crippen LogP contribution in [0.1, 0.15) is 65.4 Å². The predicted molar refractivity (Wildman–Crippen MR) is 109 cm³/mol. The second kappa shape index (κ2) is 6.95. The summed E-state index contributed by atoms with van der Waals surface area (Å²) in [6.07, 6.45) is 9.30. The molecule has 0 saturated heterocycles. The number of ether oxygens (including phenoxy) is 1. The number of rotatable bonds is 4. The lowest BCUT2D eigenvalue weighted by Crippen LogP contribution is -2.45. The van der Waals surface area contributed by atoms with Crippen molar-refractivity contribution in [3.63, 3.8) is 0 Å². The summed E-state index contributed by atoms with van der Waals surface area (Å²) in [6, 6.07) is 7.00. The molecule has 3 aliphatic carbocycles. The van der Waals surface area contributed by atoms with Crippen molar-refractivity contribution < 1.29 is 19.7 Å². The number of carbonyl (C=O) groups excluding carboxylic acids is 1. The highest BCUT2D eigenvalue weighted by Crippen LogP contribution is 2.57. The molecule has 2 bridgehead atoms. The SMILES string of the molecule is CO[C@@H]1CCCC[C@H]1NC(=O)c1ccc(-n2c(O)c3c(c2O)[C@H]2C=C[C@@H]3C2)cc1. The van der Waals surface area contributed by atoms with Crippen molar-refractivity contribution >= 4 is 5.91 Å². The third-order valence-corrected chi connectivity index (χ3v) is 6.73. The number of methoxy groups -OCH3 is 1. The van der Waals surface area contributed by atoms with Gasteiger partial charge in [-0.3, -0.25) is 9.36 Å². The van der Waals surface area contributed by atoms with Gasteiger partial charge >= 0.3 is 0 Å². The number of allylic oxidation sites excluding steroid dienone is 2. The fraction of sp³-hybridized carbons (Fsp3) is 0.435. The number of fused-ring (bicyclic) bond motifs is 5. The molecule has 1 aromatic carbocycles. The molecule has 0 radical (unpaired) electrons. The van der Waals surface area contributed by atoms with Gasteiger partial charge in [0.25, 0.3) is 5.91 Å². The monoisotopic (exact) mass is 394 g/mol. The molecule has 2 aromatic rings. The first-order valence-electron chi connectivity index (χ1n) is 10.4. The van der Waals surface area contributed by atoms with E-state index in [1.807, 2.05) is 0 Å². The molecule has 0 unspecified atom stereocenters. The Labute approximate surface area is 169 Å². The van der Waals surface area contributed by atoms with Crippen LogP contribution in [-0.4, -0.2) is 39.9 Å². The minimum absolute atomic E-state index is 0.0319. The van der Waals surface area contributed by atoms with Gasteiger partial charge in [-0.15, -0.1) is 0 Å². The molecular weight excluding hydrogens is 368 g/mol. The van der Waals surface area contributed by atoms with Gasteiger partial charge in [-0.2, -0.15) is 0 Å². The van der Waals surface area contributed by atoms with Crippen molar-refractivity contribution in [3.8, 4) is 17.4 Å². The zero-order valence-electron chi connectivity index (χ0n) is 16.5. The van der Waals surface area contributed by atoms with Crippen LogP contribution in [0.15, 0.2) is 36.4 Å². The maximum absolute atomic E-state index is 12.7. The Morgan fingerprint density at radius 1 is 1.03 bits per heavy atom. The van der Waals surface area contributed by atoms with Crippen molar-refractivity contribution in [2.45, 2.75) is 56.1 Å². The minimum atomic E-state index is -0.129. The van der Waals surface area contributed by atoms with Gasteiger partial charge < -0.3 is 20.3 Å². The van der Waals surface area contributed by atoms with Crippen LogP contribution in [0.2, 0.25) is 0 Å². The minimum Gasteiger partial charge on any atom is -0.494 e. The topological polar surface area (TPSA) is 83.7 Å². The number of hydrogen-bond donors (Lipinski definition) is 3. The lowest BCUT2D eigenvalue weighted by atomic mass is 9.92. The molecule has 1 aromatic heterocycles. The van der Waals surface area contributed by atoms with E-state index in [0.717, 1.165) is 43.2 Å². The van der Waals surface area contributed by atoms with Crippen molar-refractivity contribution in [3.05, 3.63) is 53.1 Å². The Bertz CT molecular complexity index is 940. The van der Waals surface area contributed by atoms with Crippen LogP contribution in [0, 0.1) is 0 Å². The molecule has 0 spiro atoms. The molecule has 4 atom stereocenters. The standard InChI is InChI=1S/C23H26N2O4/c1-29-18-5-3-2-4-17(18)24-21(26)13-8-10-16(11-9-13)25-22(27)19-14-6-7-15(12-14)20(19)23(25)28/h6-11,14-15,17-18,27-28H,2-5,12H2,1H3,(H,24,26)/t14-,15+,17-,18-/m1/s1. The normalized spacial score (nSPS) is 27.2. The van der Waals surface area contributed by atoms with Gasteiger partial charge in [0.15, 0.2) is 0 Å². The molecule has 0 aliphatic heterocycles. The number of hydrogen-bond acceptors (Lipinski definition) is 4. The Balaban J connectivity index is 1.37. The van der Waals surface area contributed by atoms with Gasteiger partial charge in [0, 0.05) is 35.6 Å². The molecule has 1 fully saturated rings. The van der Waals surface area contributed by atoms with Crippen LogP contribution >= 0.6 is 0 Å². The van der Waals surface area contributed by atoms with E-state index in [2.05, 4.69) is 17.5 Å². The summed E-state index contributed by atoms with van der Waals surface area (Å²) in [5, 5.41) is 24.6. The molecule has 1 amide bonds. The molecule has 29 heavy (non-hydrogen) atoms. The smallest absolute Gasteiger partial charge is 0.251 e. The van der Waals surface area contributed by atoms with Crippen molar-refractivity contribution in [2.75, 3.05) is 7.11 Å². The highest BCUT2D eigenvalue weighted by Gasteiger charge is 2.41. The maximum Gasteiger partial charge on any atom is 0.251 e. The summed E-state index contributed by atoms with van der Waals surface area (Å²) in [5.74, 6) is 0.414. The molecular formula is C23H26N2O4. The first-order valence-corrected chi connectivity index (χ1v) is 10.4. The van der Waals surface area contributed by atoms with Crippen LogP contribution in [-0.2, 0) is 4.74 Å². The van der Waals surface area contributed by atoms with Crippen LogP contribution < -0.4 is 5.32 Å². The fourth-order valence-electron chi connectivity index (χ4n) is 5.24. The van der Waals surface area contributed by atoms with Crippen LogP contribution in [0.5, 0.6) is 11.8 Å². The van der Waals surface area contributed by atoms with Crippen molar-refractivity contribution in [1.29, 1.82) is 0 Å². The second-order valence-electron chi connectivity index (χ2n) is 8.33. The quantitative estimate of drug-likeness (QED) is 0.690. The molecule has 3 N–H and O–H groups in total. The zero-order valence-corrected chi connectivity index (χ0v) is 16.5. The highest BCUT2D eigenvalue weighted by atomic mass is 16.5. The zero-order chi connectivity index (χ0) is 20.1.